The first-order chi connectivity index (χ1) is 7.49. The van der Waals surface area contributed by atoms with E-state index in [1.54, 1.807) is 6.07 Å². The zero-order valence-corrected chi connectivity index (χ0v) is 8.88. The van der Waals surface area contributed by atoms with Gasteiger partial charge in [0.05, 0.1) is 5.02 Å². The molecule has 1 aromatic carbocycles. The van der Waals surface area contributed by atoms with Gasteiger partial charge in [-0.15, -0.1) is 0 Å². The third-order valence-electron chi connectivity index (χ3n) is 1.84. The van der Waals surface area contributed by atoms with Gasteiger partial charge in [0.25, 0.3) is 0 Å². The molecule has 88 valence electrons. The lowest BCUT2D eigenvalue weighted by molar-refractivity contribution is -0.136. The molecule has 0 radical (unpaired) electrons. The van der Waals surface area contributed by atoms with E-state index in [-0.39, 0.29) is 23.6 Å². The second-order valence-corrected chi connectivity index (χ2v) is 3.44. The van der Waals surface area contributed by atoms with E-state index < -0.39 is 12.6 Å². The highest BCUT2D eigenvalue weighted by molar-refractivity contribution is 6.32. The summed E-state index contributed by atoms with van der Waals surface area (Å²) < 4.78 is 28.1. The van der Waals surface area contributed by atoms with Crippen LogP contribution in [-0.2, 0) is 11.2 Å². The number of alkyl halides is 2. The van der Waals surface area contributed by atoms with E-state index in [1.165, 1.54) is 12.1 Å². The van der Waals surface area contributed by atoms with Gasteiger partial charge in [-0.1, -0.05) is 17.7 Å². The minimum atomic E-state index is -2.95. The molecular formula is C10H9ClF2O3. The zero-order valence-electron chi connectivity index (χ0n) is 8.12. The minimum Gasteiger partial charge on any atom is -0.481 e. The normalized spacial score (nSPS) is 10.5. The highest BCUT2D eigenvalue weighted by atomic mass is 35.5. The fraction of sp³-hybridized carbons (Fsp3) is 0.300. The van der Waals surface area contributed by atoms with Crippen LogP contribution in [0.2, 0.25) is 5.02 Å². The van der Waals surface area contributed by atoms with Gasteiger partial charge in [0.1, 0.15) is 5.75 Å². The molecule has 1 aromatic rings. The molecule has 0 aliphatic rings. The molecule has 1 rings (SSSR count). The number of aliphatic carboxylic acids is 1. The number of carboxylic acids is 1. The summed E-state index contributed by atoms with van der Waals surface area (Å²) in [5.74, 6) is -1.09. The van der Waals surface area contributed by atoms with Crippen LogP contribution in [0, 0.1) is 0 Å². The molecule has 0 aromatic heterocycles. The van der Waals surface area contributed by atoms with Gasteiger partial charge < -0.3 is 9.84 Å². The highest BCUT2D eigenvalue weighted by Gasteiger charge is 2.09. The third-order valence-corrected chi connectivity index (χ3v) is 2.15. The van der Waals surface area contributed by atoms with Crippen LogP contribution in [0.1, 0.15) is 12.0 Å². The molecule has 16 heavy (non-hydrogen) atoms. The smallest absolute Gasteiger partial charge is 0.387 e. The molecule has 1 N–H and O–H groups in total. The number of aryl methyl sites for hydroxylation is 1. The summed E-state index contributed by atoms with van der Waals surface area (Å²) in [4.78, 5) is 10.3. The predicted octanol–water partition coefficient (Wildman–Crippen LogP) is 2.96. The summed E-state index contributed by atoms with van der Waals surface area (Å²) in [6.45, 7) is -2.95. The summed E-state index contributed by atoms with van der Waals surface area (Å²) in [5.41, 5.74) is 0.586. The second kappa shape index (κ2) is 5.65. The second-order valence-electron chi connectivity index (χ2n) is 3.04. The summed E-state index contributed by atoms with van der Waals surface area (Å²) >= 11 is 5.63. The van der Waals surface area contributed by atoms with E-state index in [2.05, 4.69) is 4.74 Å². The van der Waals surface area contributed by atoms with Gasteiger partial charge >= 0.3 is 12.6 Å². The van der Waals surface area contributed by atoms with Crippen molar-refractivity contribution < 1.29 is 23.4 Å². The van der Waals surface area contributed by atoms with Gasteiger partial charge in [-0.2, -0.15) is 8.78 Å². The Morgan fingerprint density at radius 2 is 2.19 bits per heavy atom. The number of carbonyl (C=O) groups is 1. The van der Waals surface area contributed by atoms with Crippen molar-refractivity contribution in [2.75, 3.05) is 0 Å². The number of benzene rings is 1. The molecule has 6 heteroatoms. The lowest BCUT2D eigenvalue weighted by Gasteiger charge is -2.08. The molecule has 0 heterocycles. The summed E-state index contributed by atoms with van der Waals surface area (Å²) in [6.07, 6.45) is 0.169. The lowest BCUT2D eigenvalue weighted by Crippen LogP contribution is -2.03. The van der Waals surface area contributed by atoms with Crippen LogP contribution in [0.5, 0.6) is 5.75 Å². The molecule has 0 fully saturated rings. The number of hydrogen-bond acceptors (Lipinski definition) is 2. The Morgan fingerprint density at radius 1 is 1.50 bits per heavy atom. The van der Waals surface area contributed by atoms with E-state index in [0.29, 0.717) is 5.56 Å². The van der Waals surface area contributed by atoms with Crippen molar-refractivity contribution in [3.63, 3.8) is 0 Å². The Bertz CT molecular complexity index is 382. The predicted molar refractivity (Wildman–Crippen MR) is 54.0 cm³/mol. The molecule has 0 unspecified atom stereocenters. The van der Waals surface area contributed by atoms with Gasteiger partial charge in [-0.05, 0) is 24.1 Å². The monoisotopic (exact) mass is 250 g/mol. The molecule has 0 aliphatic carbocycles. The van der Waals surface area contributed by atoms with Gasteiger partial charge in [0, 0.05) is 6.42 Å². The van der Waals surface area contributed by atoms with E-state index in [1.807, 2.05) is 0 Å². The van der Waals surface area contributed by atoms with Gasteiger partial charge in [-0.3, -0.25) is 4.79 Å². The van der Waals surface area contributed by atoms with Crippen LogP contribution in [0.4, 0.5) is 8.78 Å². The molecule has 0 spiro atoms. The van der Waals surface area contributed by atoms with Gasteiger partial charge in [0.15, 0.2) is 0 Å². The van der Waals surface area contributed by atoms with Crippen molar-refractivity contribution in [2.24, 2.45) is 0 Å². The molecule has 0 saturated carbocycles. The maximum Gasteiger partial charge on any atom is 0.387 e. The molecule has 0 saturated heterocycles. The minimum absolute atomic E-state index is 0.0689. The van der Waals surface area contributed by atoms with E-state index >= 15 is 0 Å². The Labute approximate surface area is 95.6 Å². The van der Waals surface area contributed by atoms with Gasteiger partial charge in [0.2, 0.25) is 0 Å². The van der Waals surface area contributed by atoms with E-state index in [0.717, 1.165) is 0 Å². The largest absolute Gasteiger partial charge is 0.481 e. The number of hydrogen-bond donors (Lipinski definition) is 1. The lowest BCUT2D eigenvalue weighted by atomic mass is 10.1. The van der Waals surface area contributed by atoms with Crippen LogP contribution in [0.3, 0.4) is 0 Å². The first-order valence-corrected chi connectivity index (χ1v) is 4.82. The van der Waals surface area contributed by atoms with Crippen molar-refractivity contribution in [3.8, 4) is 5.75 Å². The first-order valence-electron chi connectivity index (χ1n) is 4.44. The van der Waals surface area contributed by atoms with Crippen LogP contribution in [0.25, 0.3) is 0 Å². The Morgan fingerprint density at radius 3 is 2.75 bits per heavy atom. The first kappa shape index (κ1) is 12.7. The average Bonchev–Trinajstić information content (AvgIpc) is 2.18. The fourth-order valence-corrected chi connectivity index (χ4v) is 1.30. The fourth-order valence-electron chi connectivity index (χ4n) is 1.14. The standard InChI is InChI=1S/C10H9ClF2O3/c11-7-3-1-6(2-4-9(14)15)5-8(7)16-10(12)13/h1,3,5,10H,2,4H2,(H,14,15). The van der Waals surface area contributed by atoms with Crippen LogP contribution < -0.4 is 4.74 Å². The Hall–Kier alpha value is -1.36. The van der Waals surface area contributed by atoms with Crippen LogP contribution in [0.15, 0.2) is 18.2 Å². The Balaban J connectivity index is 2.76. The van der Waals surface area contributed by atoms with Crippen molar-refractivity contribution >= 4 is 17.6 Å². The van der Waals surface area contributed by atoms with Crippen molar-refractivity contribution in [3.05, 3.63) is 28.8 Å². The van der Waals surface area contributed by atoms with Crippen LogP contribution in [-0.4, -0.2) is 17.7 Å². The van der Waals surface area contributed by atoms with E-state index in [9.17, 15) is 13.6 Å². The maximum atomic E-state index is 12.0. The molecule has 0 aliphatic heterocycles. The number of carboxylic acid groups (broad SMARTS) is 1. The van der Waals surface area contributed by atoms with Crippen molar-refractivity contribution in [2.45, 2.75) is 19.5 Å². The third kappa shape index (κ3) is 4.02. The molecular weight excluding hydrogens is 242 g/mol. The number of halogens is 3. The zero-order chi connectivity index (χ0) is 12.1. The number of ether oxygens (including phenoxy) is 1. The van der Waals surface area contributed by atoms with Crippen molar-refractivity contribution in [1.82, 2.24) is 0 Å². The summed E-state index contributed by atoms with van der Waals surface area (Å²) in [5, 5.41) is 8.54. The quantitative estimate of drug-likeness (QED) is 0.874. The average molecular weight is 251 g/mol. The topological polar surface area (TPSA) is 46.5 Å². The van der Waals surface area contributed by atoms with E-state index in [4.69, 9.17) is 16.7 Å². The highest BCUT2D eigenvalue weighted by Crippen LogP contribution is 2.27. The molecule has 0 atom stereocenters. The van der Waals surface area contributed by atoms with Gasteiger partial charge in [-0.25, -0.2) is 0 Å². The molecule has 0 amide bonds. The SMILES string of the molecule is O=C(O)CCc1ccc(Cl)c(OC(F)F)c1. The summed E-state index contributed by atoms with van der Waals surface area (Å²) in [6, 6.07) is 4.29. The van der Waals surface area contributed by atoms with Crippen LogP contribution >= 0.6 is 11.6 Å². The molecule has 3 nitrogen and oxygen atoms in total. The Kier molecular flexibility index (Phi) is 4.49. The summed E-state index contributed by atoms with van der Waals surface area (Å²) in [7, 11) is 0. The number of rotatable bonds is 5. The molecule has 0 bridgehead atoms. The van der Waals surface area contributed by atoms with Crippen molar-refractivity contribution in [1.29, 1.82) is 0 Å². The maximum absolute atomic E-state index is 12.0.